The number of methoxy groups -OCH3 is 1. The lowest BCUT2D eigenvalue weighted by molar-refractivity contribution is -0.175. The Bertz CT molecular complexity index is 773. The second kappa shape index (κ2) is 5.58. The third-order valence-corrected chi connectivity index (χ3v) is 7.60. The summed E-state index contributed by atoms with van der Waals surface area (Å²) in [6.45, 7) is 2.06. The summed E-state index contributed by atoms with van der Waals surface area (Å²) in [6.07, 6.45) is 3.93. The van der Waals surface area contributed by atoms with Crippen LogP contribution in [0.1, 0.15) is 44.3 Å². The highest BCUT2D eigenvalue weighted by Crippen LogP contribution is 2.69. The lowest BCUT2D eigenvalue weighted by atomic mass is 9.49. The van der Waals surface area contributed by atoms with Crippen molar-refractivity contribution in [1.29, 1.82) is 0 Å². The minimum atomic E-state index is -1.03. The molecule has 7 heteroatoms. The predicted molar refractivity (Wildman–Crippen MR) is 90.2 cm³/mol. The Hall–Kier alpha value is -1.86. The molecule has 8 atom stereocenters. The number of hydrogen-bond acceptors (Lipinski definition) is 7. The van der Waals surface area contributed by atoms with Crippen LogP contribution in [0.15, 0.2) is 23.0 Å². The Morgan fingerprint density at radius 1 is 1.33 bits per heavy atom. The molecule has 1 aromatic heterocycles. The number of aliphatic hydroxyl groups is 1. The van der Waals surface area contributed by atoms with Crippen LogP contribution in [0.5, 0.6) is 0 Å². The summed E-state index contributed by atoms with van der Waals surface area (Å²) in [5, 5.41) is 10.5. The Morgan fingerprint density at radius 2 is 2.15 bits per heavy atom. The zero-order valence-corrected chi connectivity index (χ0v) is 15.4. The molecule has 0 aromatic carbocycles. The molecule has 27 heavy (non-hydrogen) atoms. The topological polar surface area (TPSA) is 95.2 Å². The molecule has 4 fully saturated rings. The van der Waals surface area contributed by atoms with Gasteiger partial charge in [-0.3, -0.25) is 4.79 Å². The van der Waals surface area contributed by atoms with Crippen molar-refractivity contribution in [2.75, 3.05) is 7.11 Å². The highest BCUT2D eigenvalue weighted by atomic mass is 16.6. The van der Waals surface area contributed by atoms with E-state index >= 15 is 0 Å². The van der Waals surface area contributed by atoms with Crippen molar-refractivity contribution in [3.8, 4) is 0 Å². The van der Waals surface area contributed by atoms with Crippen molar-refractivity contribution >= 4 is 11.9 Å². The summed E-state index contributed by atoms with van der Waals surface area (Å²) < 4.78 is 22.4. The summed E-state index contributed by atoms with van der Waals surface area (Å²) in [5.41, 5.74) is -0.663. The first-order chi connectivity index (χ1) is 12.9. The minimum Gasteiger partial charge on any atom is -0.472 e. The van der Waals surface area contributed by atoms with Gasteiger partial charge in [0.2, 0.25) is 0 Å². The molecule has 0 unspecified atom stereocenters. The van der Waals surface area contributed by atoms with Crippen LogP contribution in [0.25, 0.3) is 0 Å². The maximum Gasteiger partial charge on any atom is 0.339 e. The van der Waals surface area contributed by atoms with E-state index in [1.54, 1.807) is 12.5 Å². The van der Waals surface area contributed by atoms with E-state index in [4.69, 9.17) is 18.6 Å². The maximum absolute atomic E-state index is 13.0. The van der Waals surface area contributed by atoms with Crippen LogP contribution in [-0.4, -0.2) is 42.0 Å². The molecule has 2 saturated carbocycles. The van der Waals surface area contributed by atoms with Gasteiger partial charge in [0.1, 0.15) is 6.10 Å². The van der Waals surface area contributed by atoms with Gasteiger partial charge in [-0.05, 0) is 31.2 Å². The maximum atomic E-state index is 13.0. The van der Waals surface area contributed by atoms with E-state index in [1.165, 1.54) is 7.11 Å². The average molecular weight is 376 g/mol. The average Bonchev–Trinajstić information content (AvgIpc) is 3.33. The number of hydrogen-bond donors (Lipinski definition) is 1. The molecular formula is C20H24O7. The minimum absolute atomic E-state index is 0.0625. The van der Waals surface area contributed by atoms with Gasteiger partial charge in [0.05, 0.1) is 37.8 Å². The number of furan rings is 1. The van der Waals surface area contributed by atoms with Gasteiger partial charge in [-0.15, -0.1) is 0 Å². The second-order valence-corrected chi connectivity index (χ2v) is 8.70. The van der Waals surface area contributed by atoms with E-state index in [0.29, 0.717) is 25.7 Å². The predicted octanol–water partition coefficient (Wildman–Crippen LogP) is 1.99. The molecule has 1 spiro atoms. The Balaban J connectivity index is 1.59. The third-order valence-electron chi connectivity index (χ3n) is 7.60. The van der Waals surface area contributed by atoms with Crippen molar-refractivity contribution in [2.45, 2.75) is 56.5 Å². The molecule has 2 aliphatic carbocycles. The van der Waals surface area contributed by atoms with E-state index in [0.717, 1.165) is 5.56 Å². The van der Waals surface area contributed by atoms with Crippen LogP contribution in [0.3, 0.4) is 0 Å². The number of carbonyl (C=O) groups is 2. The zero-order chi connectivity index (χ0) is 19.0. The highest BCUT2D eigenvalue weighted by Gasteiger charge is 2.76. The summed E-state index contributed by atoms with van der Waals surface area (Å²) in [5.74, 6) is -1.37. The fourth-order valence-corrected chi connectivity index (χ4v) is 6.37. The van der Waals surface area contributed by atoms with Crippen LogP contribution < -0.4 is 0 Å². The number of ether oxygens (including phenoxy) is 3. The normalized spacial score (nSPS) is 47.9. The Morgan fingerprint density at radius 3 is 2.85 bits per heavy atom. The van der Waals surface area contributed by atoms with Gasteiger partial charge in [-0.2, -0.15) is 0 Å². The van der Waals surface area contributed by atoms with E-state index in [2.05, 4.69) is 6.92 Å². The van der Waals surface area contributed by atoms with E-state index in [9.17, 15) is 14.7 Å². The summed E-state index contributed by atoms with van der Waals surface area (Å²) in [7, 11) is 1.36. The smallest absolute Gasteiger partial charge is 0.339 e. The van der Waals surface area contributed by atoms with Crippen LogP contribution >= 0.6 is 0 Å². The summed E-state index contributed by atoms with van der Waals surface area (Å²) in [6, 6.07) is 1.85. The van der Waals surface area contributed by atoms with Gasteiger partial charge >= 0.3 is 11.9 Å². The number of aliphatic hydroxyl groups excluding tert-OH is 1. The molecular weight excluding hydrogens is 352 g/mol. The SMILES string of the molecule is COC(=O)[C@@H]1C[C@H](O)C[C@@H]2[C@@H]1[C@@H]1C[C@@]3(O[C@@H](c4ccoc4)C[C@@]23C)C(=O)O1. The molecule has 2 aliphatic heterocycles. The van der Waals surface area contributed by atoms with E-state index in [1.807, 2.05) is 6.07 Å². The highest BCUT2D eigenvalue weighted by molar-refractivity contribution is 5.85. The Kier molecular flexibility index (Phi) is 3.56. The van der Waals surface area contributed by atoms with Crippen LogP contribution in [0.2, 0.25) is 0 Å². The lowest BCUT2D eigenvalue weighted by Crippen LogP contribution is -2.60. The largest absolute Gasteiger partial charge is 0.472 e. The molecule has 1 aromatic rings. The zero-order valence-electron chi connectivity index (χ0n) is 15.4. The molecule has 0 radical (unpaired) electrons. The first-order valence-corrected chi connectivity index (χ1v) is 9.56. The van der Waals surface area contributed by atoms with Crippen LogP contribution in [-0.2, 0) is 23.8 Å². The summed E-state index contributed by atoms with van der Waals surface area (Å²) in [4.78, 5) is 25.5. The van der Waals surface area contributed by atoms with Gasteiger partial charge < -0.3 is 23.7 Å². The number of rotatable bonds is 2. The molecule has 4 aliphatic rings. The van der Waals surface area contributed by atoms with Crippen molar-refractivity contribution in [3.05, 3.63) is 24.2 Å². The van der Waals surface area contributed by atoms with E-state index < -0.39 is 23.0 Å². The third kappa shape index (κ3) is 2.10. The van der Waals surface area contributed by atoms with Crippen LogP contribution in [0.4, 0.5) is 0 Å². The summed E-state index contributed by atoms with van der Waals surface area (Å²) >= 11 is 0. The van der Waals surface area contributed by atoms with Gasteiger partial charge in [0.15, 0.2) is 5.60 Å². The fraction of sp³-hybridized carbons (Fsp3) is 0.700. The number of fused-ring (bicyclic) bond motifs is 4. The molecule has 5 rings (SSSR count). The van der Waals surface area contributed by atoms with Crippen molar-refractivity contribution < 1.29 is 33.3 Å². The lowest BCUT2D eigenvalue weighted by Gasteiger charge is -2.53. The van der Waals surface area contributed by atoms with Crippen LogP contribution in [0, 0.1) is 23.2 Å². The standard InChI is InChI=1S/C20H24O7/c1-19-7-14(10-3-4-25-9-10)27-20(19)8-15(26-18(20)23)16-12(17(22)24-2)5-11(21)6-13(16)19/h3-4,9,11-16,21H,5-8H2,1-2H3/t11-,12+,13+,14+,15-,16+,19-,20+/m0/s1. The van der Waals surface area contributed by atoms with Crippen molar-refractivity contribution in [1.82, 2.24) is 0 Å². The fourth-order valence-electron chi connectivity index (χ4n) is 6.37. The van der Waals surface area contributed by atoms with Gasteiger partial charge in [0, 0.05) is 23.3 Å². The second-order valence-electron chi connectivity index (χ2n) is 8.70. The number of carbonyl (C=O) groups excluding carboxylic acids is 2. The first kappa shape index (κ1) is 17.3. The van der Waals surface area contributed by atoms with Gasteiger partial charge in [-0.1, -0.05) is 6.92 Å². The quantitative estimate of drug-likeness (QED) is 0.789. The van der Waals surface area contributed by atoms with E-state index in [-0.39, 0.29) is 36.0 Å². The molecule has 3 heterocycles. The van der Waals surface area contributed by atoms with Gasteiger partial charge in [-0.25, -0.2) is 4.79 Å². The monoisotopic (exact) mass is 376 g/mol. The van der Waals surface area contributed by atoms with Gasteiger partial charge in [0.25, 0.3) is 0 Å². The molecule has 146 valence electrons. The van der Waals surface area contributed by atoms with Crippen molar-refractivity contribution in [2.24, 2.45) is 23.2 Å². The Labute approximate surface area is 156 Å². The molecule has 7 nitrogen and oxygen atoms in total. The van der Waals surface area contributed by atoms with Crippen molar-refractivity contribution in [3.63, 3.8) is 0 Å². The number of esters is 2. The molecule has 2 bridgehead atoms. The first-order valence-electron chi connectivity index (χ1n) is 9.56. The molecule has 2 saturated heterocycles. The molecule has 0 amide bonds. The molecule has 1 N–H and O–H groups in total.